The van der Waals surface area contributed by atoms with Crippen LogP contribution in [-0.2, 0) is 0 Å². The van der Waals surface area contributed by atoms with Gasteiger partial charge in [0.05, 0.1) is 27.9 Å². The molecule has 1 aliphatic carbocycles. The number of carbonyl (C=O) groups excluding carboxylic acids is 2. The van der Waals surface area contributed by atoms with Gasteiger partial charge in [0.15, 0.2) is 0 Å². The van der Waals surface area contributed by atoms with Crippen LogP contribution < -0.4 is 21.1 Å². The van der Waals surface area contributed by atoms with Crippen LogP contribution >= 0.6 is 11.6 Å². The summed E-state index contributed by atoms with van der Waals surface area (Å²) < 4.78 is 6.34. The summed E-state index contributed by atoms with van der Waals surface area (Å²) in [5, 5.41) is 6.10. The molecule has 4 N–H and O–H groups in total. The first-order chi connectivity index (χ1) is 17.3. The summed E-state index contributed by atoms with van der Waals surface area (Å²) in [6.45, 7) is 4.20. The summed E-state index contributed by atoms with van der Waals surface area (Å²) in [4.78, 5) is 30.5. The molecule has 0 saturated heterocycles. The Balaban J connectivity index is 1.55. The van der Waals surface area contributed by atoms with Crippen LogP contribution in [0.4, 0.5) is 11.5 Å². The van der Waals surface area contributed by atoms with Gasteiger partial charge in [-0.1, -0.05) is 43.6 Å². The highest BCUT2D eigenvalue weighted by Crippen LogP contribution is 2.30. The van der Waals surface area contributed by atoms with Crippen LogP contribution in [0.5, 0.6) is 5.75 Å². The van der Waals surface area contributed by atoms with Gasteiger partial charge in [-0.15, -0.1) is 0 Å². The predicted octanol–water partition coefficient (Wildman–Crippen LogP) is 6.01. The number of amides is 2. The first-order valence-corrected chi connectivity index (χ1v) is 12.6. The van der Waals surface area contributed by atoms with Crippen molar-refractivity contribution in [3.63, 3.8) is 0 Å². The third-order valence-corrected chi connectivity index (χ3v) is 6.54. The van der Waals surface area contributed by atoms with E-state index in [1.54, 1.807) is 42.5 Å². The lowest BCUT2D eigenvalue weighted by Crippen LogP contribution is -2.32. The second kappa shape index (κ2) is 11.5. The van der Waals surface area contributed by atoms with Crippen LogP contribution in [0.2, 0.25) is 5.02 Å². The standard InChI is InChI=1S/C28H31ClN4O3/c1-17(2)18-7-13-23(25(15-18)36-21-11-9-20(30)10-12-21)28(35)32-24-6-4-3-5-22(24)27(34)33-26-14-8-19(29)16-31-26/h3-8,13-17,20-21H,9-12,30H2,1-2H3,(H,32,35)(H,31,33,34). The molecular formula is C28H31ClN4O3. The Morgan fingerprint density at radius 3 is 2.39 bits per heavy atom. The fourth-order valence-electron chi connectivity index (χ4n) is 4.18. The van der Waals surface area contributed by atoms with Crippen molar-refractivity contribution in [1.29, 1.82) is 0 Å². The molecule has 0 unspecified atom stereocenters. The van der Waals surface area contributed by atoms with E-state index >= 15 is 0 Å². The smallest absolute Gasteiger partial charge is 0.259 e. The first kappa shape index (κ1) is 25.7. The third kappa shape index (κ3) is 6.42. The minimum Gasteiger partial charge on any atom is -0.490 e. The van der Waals surface area contributed by atoms with Crippen LogP contribution in [0, 0.1) is 0 Å². The SMILES string of the molecule is CC(C)c1ccc(C(=O)Nc2ccccc2C(=O)Nc2ccc(Cl)cn2)c(OC2CCC(N)CC2)c1. The number of benzene rings is 2. The molecule has 8 heteroatoms. The van der Waals surface area contributed by atoms with E-state index in [1.807, 2.05) is 12.1 Å². The molecule has 3 aromatic rings. The van der Waals surface area contributed by atoms with Gasteiger partial charge in [-0.05, 0) is 73.6 Å². The van der Waals surface area contributed by atoms with Crippen molar-refractivity contribution in [2.75, 3.05) is 10.6 Å². The summed E-state index contributed by atoms with van der Waals surface area (Å²) in [5.41, 5.74) is 8.25. The number of nitrogens with two attached hydrogens (primary N) is 1. The molecule has 0 bridgehead atoms. The lowest BCUT2D eigenvalue weighted by atomic mass is 9.93. The molecule has 4 rings (SSSR count). The minimum absolute atomic E-state index is 0.0173. The van der Waals surface area contributed by atoms with E-state index in [0.717, 1.165) is 31.2 Å². The number of nitrogens with one attached hydrogen (secondary N) is 2. The molecule has 1 aliphatic rings. The van der Waals surface area contributed by atoms with Crippen molar-refractivity contribution < 1.29 is 14.3 Å². The quantitative estimate of drug-likeness (QED) is 0.363. The highest BCUT2D eigenvalue weighted by Gasteiger charge is 2.23. The highest BCUT2D eigenvalue weighted by molar-refractivity contribution is 6.30. The predicted molar refractivity (Wildman–Crippen MR) is 143 cm³/mol. The Morgan fingerprint density at radius 2 is 1.69 bits per heavy atom. The van der Waals surface area contributed by atoms with Crippen molar-refractivity contribution in [3.8, 4) is 5.75 Å². The van der Waals surface area contributed by atoms with Crippen LogP contribution in [0.1, 0.15) is 71.7 Å². The van der Waals surface area contributed by atoms with Gasteiger partial charge in [-0.2, -0.15) is 0 Å². The Morgan fingerprint density at radius 1 is 0.972 bits per heavy atom. The second-order valence-electron chi connectivity index (χ2n) is 9.38. The van der Waals surface area contributed by atoms with Crippen molar-refractivity contribution >= 4 is 34.9 Å². The van der Waals surface area contributed by atoms with Crippen molar-refractivity contribution in [3.05, 3.63) is 82.5 Å². The third-order valence-electron chi connectivity index (χ3n) is 6.32. The summed E-state index contributed by atoms with van der Waals surface area (Å²) in [6.07, 6.45) is 4.99. The number of aromatic nitrogens is 1. The number of hydrogen-bond donors (Lipinski definition) is 3. The summed E-state index contributed by atoms with van der Waals surface area (Å²) in [6, 6.07) is 16.0. The van der Waals surface area contributed by atoms with Crippen molar-refractivity contribution in [2.45, 2.75) is 57.6 Å². The van der Waals surface area contributed by atoms with Crippen LogP contribution in [-0.4, -0.2) is 28.9 Å². The number of nitrogens with zero attached hydrogens (tertiary/aromatic N) is 1. The van der Waals surface area contributed by atoms with Gasteiger partial charge in [0, 0.05) is 12.2 Å². The molecule has 2 amide bonds. The Labute approximate surface area is 216 Å². The van der Waals surface area contributed by atoms with Gasteiger partial charge in [-0.3, -0.25) is 9.59 Å². The van der Waals surface area contributed by atoms with Gasteiger partial charge < -0.3 is 21.1 Å². The molecule has 188 valence electrons. The minimum atomic E-state index is -0.397. The van der Waals surface area contributed by atoms with Gasteiger partial charge in [0.25, 0.3) is 11.8 Å². The van der Waals surface area contributed by atoms with Gasteiger partial charge >= 0.3 is 0 Å². The number of carbonyl (C=O) groups is 2. The van der Waals surface area contributed by atoms with Crippen LogP contribution in [0.15, 0.2) is 60.8 Å². The zero-order chi connectivity index (χ0) is 25.7. The molecule has 7 nitrogen and oxygen atoms in total. The molecule has 0 radical (unpaired) electrons. The lowest BCUT2D eigenvalue weighted by molar-refractivity contribution is 0.101. The fraction of sp³-hybridized carbons (Fsp3) is 0.321. The number of para-hydroxylation sites is 1. The molecular weight excluding hydrogens is 476 g/mol. The second-order valence-corrected chi connectivity index (χ2v) is 9.82. The van der Waals surface area contributed by atoms with Crippen LogP contribution in [0.3, 0.4) is 0 Å². The van der Waals surface area contributed by atoms with E-state index in [0.29, 0.717) is 33.4 Å². The summed E-state index contributed by atoms with van der Waals surface area (Å²) in [5.74, 6) is 0.447. The molecule has 1 aromatic heterocycles. The zero-order valence-corrected chi connectivity index (χ0v) is 21.2. The topological polar surface area (TPSA) is 106 Å². The molecule has 36 heavy (non-hydrogen) atoms. The van der Waals surface area contributed by atoms with Crippen molar-refractivity contribution in [2.24, 2.45) is 5.73 Å². The van der Waals surface area contributed by atoms with E-state index in [1.165, 1.54) is 6.20 Å². The maximum Gasteiger partial charge on any atom is 0.259 e. The maximum absolute atomic E-state index is 13.4. The normalized spacial score (nSPS) is 17.5. The highest BCUT2D eigenvalue weighted by atomic mass is 35.5. The summed E-state index contributed by atoms with van der Waals surface area (Å²) >= 11 is 5.87. The Bertz CT molecular complexity index is 1220. The number of halogens is 1. The number of ether oxygens (including phenoxy) is 1. The van der Waals surface area contributed by atoms with E-state index in [-0.39, 0.29) is 24.0 Å². The maximum atomic E-state index is 13.4. The fourth-order valence-corrected chi connectivity index (χ4v) is 4.29. The lowest BCUT2D eigenvalue weighted by Gasteiger charge is -2.28. The molecule has 1 heterocycles. The van der Waals surface area contributed by atoms with E-state index < -0.39 is 5.91 Å². The van der Waals surface area contributed by atoms with Gasteiger partial charge in [-0.25, -0.2) is 4.98 Å². The number of rotatable bonds is 7. The molecule has 1 saturated carbocycles. The van der Waals surface area contributed by atoms with E-state index in [2.05, 4.69) is 29.5 Å². The zero-order valence-electron chi connectivity index (χ0n) is 20.5. The van der Waals surface area contributed by atoms with Crippen LogP contribution in [0.25, 0.3) is 0 Å². The largest absolute Gasteiger partial charge is 0.490 e. The Hall–Kier alpha value is -3.42. The van der Waals surface area contributed by atoms with E-state index in [4.69, 9.17) is 22.1 Å². The average Bonchev–Trinajstić information content (AvgIpc) is 2.87. The molecule has 0 atom stereocenters. The molecule has 0 spiro atoms. The monoisotopic (exact) mass is 506 g/mol. The Kier molecular flexibility index (Phi) is 8.23. The van der Waals surface area contributed by atoms with Gasteiger partial charge in [0.2, 0.25) is 0 Å². The molecule has 0 aliphatic heterocycles. The number of pyridine rings is 1. The van der Waals surface area contributed by atoms with Gasteiger partial charge in [0.1, 0.15) is 11.6 Å². The van der Waals surface area contributed by atoms with Crippen molar-refractivity contribution in [1.82, 2.24) is 4.98 Å². The molecule has 1 fully saturated rings. The number of hydrogen-bond acceptors (Lipinski definition) is 5. The number of anilines is 2. The average molecular weight is 507 g/mol. The van der Waals surface area contributed by atoms with E-state index in [9.17, 15) is 9.59 Å². The summed E-state index contributed by atoms with van der Waals surface area (Å²) in [7, 11) is 0. The molecule has 2 aromatic carbocycles. The first-order valence-electron chi connectivity index (χ1n) is 12.2.